The van der Waals surface area contributed by atoms with Crippen molar-refractivity contribution in [3.05, 3.63) is 5.01 Å². The lowest BCUT2D eigenvalue weighted by molar-refractivity contribution is -0.147. The van der Waals surface area contributed by atoms with Crippen molar-refractivity contribution in [1.82, 2.24) is 15.1 Å². The van der Waals surface area contributed by atoms with Crippen LogP contribution in [0.3, 0.4) is 0 Å². The Morgan fingerprint density at radius 3 is 2.44 bits per heavy atom. The molecular formula is C10H16N4O3S. The first kappa shape index (κ1) is 14.4. The monoisotopic (exact) mass is 272 g/mol. The van der Waals surface area contributed by atoms with Crippen LogP contribution in [0.2, 0.25) is 0 Å². The minimum atomic E-state index is -1.28. The fraction of sp³-hybridized carbons (Fsp3) is 0.600. The fourth-order valence-electron chi connectivity index (χ4n) is 1.41. The Bertz CT molecular complexity index is 458. The van der Waals surface area contributed by atoms with Gasteiger partial charge in [0.2, 0.25) is 5.13 Å². The lowest BCUT2D eigenvalue weighted by atomic mass is 10.0. The van der Waals surface area contributed by atoms with Crippen molar-refractivity contribution in [2.75, 3.05) is 11.9 Å². The van der Waals surface area contributed by atoms with Gasteiger partial charge in [0.25, 0.3) is 0 Å². The van der Waals surface area contributed by atoms with Gasteiger partial charge < -0.3 is 10.0 Å². The fourth-order valence-corrected chi connectivity index (χ4v) is 2.00. The first-order valence-corrected chi connectivity index (χ1v) is 6.22. The highest BCUT2D eigenvalue weighted by atomic mass is 32.1. The summed E-state index contributed by atoms with van der Waals surface area (Å²) in [7, 11) is 0. The zero-order valence-corrected chi connectivity index (χ0v) is 11.5. The van der Waals surface area contributed by atoms with Crippen molar-refractivity contribution >= 4 is 28.5 Å². The highest BCUT2D eigenvalue weighted by molar-refractivity contribution is 7.15. The van der Waals surface area contributed by atoms with E-state index in [4.69, 9.17) is 5.11 Å². The predicted molar refractivity (Wildman–Crippen MR) is 67.8 cm³/mol. The van der Waals surface area contributed by atoms with Crippen molar-refractivity contribution in [2.45, 2.75) is 33.2 Å². The maximum Gasteiger partial charge on any atom is 0.329 e. The number of rotatable bonds is 4. The number of likely N-dealkylation sites (N-methyl/N-ethyl adjacent to an activating group) is 1. The standard InChI is InChI=1S/C10H16N4O3S/c1-5-14(10(3,4)7(15)16)9(17)11-8-13-12-6(2)18-8/h5H2,1-4H3,(H,15,16)(H,11,13,17). The number of hydrogen-bond acceptors (Lipinski definition) is 5. The van der Waals surface area contributed by atoms with Crippen LogP contribution in [0.5, 0.6) is 0 Å². The number of amides is 2. The number of aromatic nitrogens is 2. The van der Waals surface area contributed by atoms with Gasteiger partial charge in [0.15, 0.2) is 0 Å². The molecule has 8 heteroatoms. The molecule has 0 radical (unpaired) electrons. The van der Waals surface area contributed by atoms with Crippen LogP contribution in [-0.2, 0) is 4.79 Å². The quantitative estimate of drug-likeness (QED) is 0.867. The molecule has 0 aliphatic rings. The Labute approximate surface area is 109 Å². The molecular weight excluding hydrogens is 256 g/mol. The van der Waals surface area contributed by atoms with E-state index in [-0.39, 0.29) is 6.54 Å². The largest absolute Gasteiger partial charge is 0.480 e. The highest BCUT2D eigenvalue weighted by Gasteiger charge is 2.37. The maximum absolute atomic E-state index is 12.0. The van der Waals surface area contributed by atoms with Gasteiger partial charge in [-0.1, -0.05) is 11.3 Å². The normalized spacial score (nSPS) is 11.1. The smallest absolute Gasteiger partial charge is 0.329 e. The van der Waals surface area contributed by atoms with Crippen LogP contribution in [0.1, 0.15) is 25.8 Å². The topological polar surface area (TPSA) is 95.4 Å². The summed E-state index contributed by atoms with van der Waals surface area (Å²) in [4.78, 5) is 24.4. The van der Waals surface area contributed by atoms with Crippen molar-refractivity contribution in [3.8, 4) is 0 Å². The van der Waals surface area contributed by atoms with Gasteiger partial charge >= 0.3 is 12.0 Å². The van der Waals surface area contributed by atoms with Gasteiger partial charge in [-0.05, 0) is 27.7 Å². The van der Waals surface area contributed by atoms with E-state index in [1.165, 1.54) is 30.1 Å². The number of anilines is 1. The van der Waals surface area contributed by atoms with Gasteiger partial charge in [0.05, 0.1) is 0 Å². The molecule has 100 valence electrons. The van der Waals surface area contributed by atoms with E-state index in [0.717, 1.165) is 5.01 Å². The van der Waals surface area contributed by atoms with E-state index in [1.807, 2.05) is 0 Å². The summed E-state index contributed by atoms with van der Waals surface area (Å²) in [5, 5.41) is 20.3. The molecule has 1 aromatic heterocycles. The molecule has 0 unspecified atom stereocenters. The van der Waals surface area contributed by atoms with Crippen LogP contribution in [0, 0.1) is 6.92 Å². The van der Waals surface area contributed by atoms with E-state index in [0.29, 0.717) is 5.13 Å². The van der Waals surface area contributed by atoms with Crippen molar-refractivity contribution < 1.29 is 14.7 Å². The Morgan fingerprint density at radius 1 is 1.44 bits per heavy atom. The number of nitrogens with one attached hydrogen (secondary N) is 1. The average molecular weight is 272 g/mol. The van der Waals surface area contributed by atoms with E-state index < -0.39 is 17.5 Å². The minimum absolute atomic E-state index is 0.281. The number of aryl methyl sites for hydroxylation is 1. The third kappa shape index (κ3) is 2.95. The van der Waals surface area contributed by atoms with Gasteiger partial charge in [-0.2, -0.15) is 0 Å². The second-order valence-corrected chi connectivity index (χ2v) is 5.35. The molecule has 1 rings (SSSR count). The lowest BCUT2D eigenvalue weighted by Crippen LogP contribution is -2.54. The summed E-state index contributed by atoms with van der Waals surface area (Å²) < 4.78 is 0. The third-order valence-corrected chi connectivity index (χ3v) is 3.25. The van der Waals surface area contributed by atoms with E-state index >= 15 is 0 Å². The lowest BCUT2D eigenvalue weighted by Gasteiger charge is -2.33. The number of carbonyl (C=O) groups is 2. The molecule has 0 bridgehead atoms. The molecule has 18 heavy (non-hydrogen) atoms. The van der Waals surface area contributed by atoms with Gasteiger partial charge in [-0.25, -0.2) is 9.59 Å². The van der Waals surface area contributed by atoms with Gasteiger partial charge in [0.1, 0.15) is 10.5 Å². The number of hydrogen-bond donors (Lipinski definition) is 2. The van der Waals surface area contributed by atoms with E-state index in [9.17, 15) is 9.59 Å². The summed E-state index contributed by atoms with van der Waals surface area (Å²) in [5.74, 6) is -1.06. The molecule has 2 N–H and O–H groups in total. The zero-order valence-electron chi connectivity index (χ0n) is 10.7. The molecule has 2 amide bonds. The molecule has 0 saturated carbocycles. The molecule has 0 aliphatic heterocycles. The van der Waals surface area contributed by atoms with Crippen LogP contribution in [-0.4, -0.2) is 44.3 Å². The van der Waals surface area contributed by atoms with Gasteiger partial charge in [-0.15, -0.1) is 10.2 Å². The summed E-state index contributed by atoms with van der Waals surface area (Å²) >= 11 is 1.23. The number of carboxylic acid groups (broad SMARTS) is 1. The Hall–Kier alpha value is -1.70. The number of carbonyl (C=O) groups excluding carboxylic acids is 1. The Balaban J connectivity index is 2.83. The van der Waals surface area contributed by atoms with Gasteiger partial charge in [0, 0.05) is 6.54 Å². The van der Waals surface area contributed by atoms with Crippen LogP contribution in [0.25, 0.3) is 0 Å². The van der Waals surface area contributed by atoms with Crippen LogP contribution in [0.15, 0.2) is 0 Å². The SMILES string of the molecule is CCN(C(=O)Nc1nnc(C)s1)C(C)(C)C(=O)O. The van der Waals surface area contributed by atoms with E-state index in [1.54, 1.807) is 13.8 Å². The van der Waals surface area contributed by atoms with Crippen LogP contribution < -0.4 is 5.32 Å². The molecule has 1 aromatic rings. The number of urea groups is 1. The number of carboxylic acids is 1. The first-order valence-electron chi connectivity index (χ1n) is 5.41. The van der Waals surface area contributed by atoms with Crippen molar-refractivity contribution in [2.24, 2.45) is 0 Å². The maximum atomic E-state index is 12.0. The number of nitrogens with zero attached hydrogens (tertiary/aromatic N) is 3. The van der Waals surface area contributed by atoms with Crippen LogP contribution >= 0.6 is 11.3 Å². The summed E-state index contributed by atoms with van der Waals surface area (Å²) in [6, 6.07) is -0.499. The second-order valence-electron chi connectivity index (χ2n) is 4.16. The summed E-state index contributed by atoms with van der Waals surface area (Å²) in [5.41, 5.74) is -1.28. The second kappa shape index (κ2) is 5.30. The van der Waals surface area contributed by atoms with Crippen molar-refractivity contribution in [3.63, 3.8) is 0 Å². The van der Waals surface area contributed by atoms with Gasteiger partial charge in [-0.3, -0.25) is 5.32 Å². The Kier molecular flexibility index (Phi) is 4.23. The number of aliphatic carboxylic acids is 1. The molecule has 0 aromatic carbocycles. The van der Waals surface area contributed by atoms with E-state index in [2.05, 4.69) is 15.5 Å². The highest BCUT2D eigenvalue weighted by Crippen LogP contribution is 2.18. The minimum Gasteiger partial charge on any atom is -0.480 e. The summed E-state index contributed by atoms with van der Waals surface area (Å²) in [6.07, 6.45) is 0. The van der Waals surface area contributed by atoms with Crippen LogP contribution in [0.4, 0.5) is 9.93 Å². The molecule has 0 fully saturated rings. The molecule has 1 heterocycles. The molecule has 0 saturated heterocycles. The molecule has 7 nitrogen and oxygen atoms in total. The zero-order chi connectivity index (χ0) is 13.9. The molecule has 0 aliphatic carbocycles. The average Bonchev–Trinajstić information content (AvgIpc) is 2.64. The third-order valence-electron chi connectivity index (χ3n) is 2.50. The Morgan fingerprint density at radius 2 is 2.06 bits per heavy atom. The predicted octanol–water partition coefficient (Wildman–Crippen LogP) is 1.56. The first-order chi connectivity index (χ1) is 8.28. The van der Waals surface area contributed by atoms with Crippen molar-refractivity contribution in [1.29, 1.82) is 0 Å². The molecule has 0 spiro atoms. The summed E-state index contributed by atoms with van der Waals surface area (Å²) in [6.45, 7) is 6.72. The molecule has 0 atom stereocenters.